The van der Waals surface area contributed by atoms with Crippen molar-refractivity contribution in [1.29, 1.82) is 0 Å². The van der Waals surface area contributed by atoms with Gasteiger partial charge in [0, 0.05) is 77.4 Å². The standard InChI is InChI=1S/C67H43N3.C36H26N2/c1-2-18-44(19-3-1)45-36-38-46(39-37-45)49-20-5-11-30-59(49)69(48-42-40-47(41-43-48)68-60-31-12-6-21-50(60)51-22-7-13-32-61(51)68)64-35-17-28-57-65(64)54-24-4-9-26-55(54)67(57)56-27-10-15-34-63(56)70-62-33-14-8-23-52(62)53-25-16-29-58(67)66(53)70;1-2-10-26(11-3-1)27-18-20-28(21-19-27)31-12-4-7-15-34(31)37-29-22-24-30(25-23-29)38-35-16-8-5-13-32(35)33-14-6-9-17-36(33)38/h1-43H;1-25,37H. The summed E-state index contributed by atoms with van der Waals surface area (Å²) >= 11 is 0. The minimum Gasteiger partial charge on any atom is -0.355 e. The van der Waals surface area contributed by atoms with Gasteiger partial charge in [-0.15, -0.1) is 0 Å². The molecule has 5 heteroatoms. The average Bonchev–Trinajstić information content (AvgIpc) is 1.49. The number of fused-ring (bicyclic) bond motifs is 18. The number of nitrogens with zero attached hydrogens (tertiary/aromatic N) is 4. The van der Waals surface area contributed by atoms with Gasteiger partial charge in [-0.2, -0.15) is 0 Å². The maximum absolute atomic E-state index is 3.65. The lowest BCUT2D eigenvalue weighted by Crippen LogP contribution is -2.33. The molecule has 1 spiro atoms. The van der Waals surface area contributed by atoms with Gasteiger partial charge in [-0.3, -0.25) is 0 Å². The van der Waals surface area contributed by atoms with Crippen molar-refractivity contribution < 1.29 is 0 Å². The van der Waals surface area contributed by atoms with Crippen molar-refractivity contribution in [3.63, 3.8) is 0 Å². The molecule has 1 aliphatic heterocycles. The van der Waals surface area contributed by atoms with E-state index in [4.69, 9.17) is 0 Å². The van der Waals surface area contributed by atoms with E-state index in [1.54, 1.807) is 0 Å². The third-order valence-electron chi connectivity index (χ3n) is 22.5. The summed E-state index contributed by atoms with van der Waals surface area (Å²) in [5.74, 6) is 0. The molecule has 2 aliphatic rings. The maximum Gasteiger partial charge on any atom is 0.0755 e. The van der Waals surface area contributed by atoms with Crippen LogP contribution in [0.3, 0.4) is 0 Å². The fraction of sp³-hybridized carbons (Fsp3) is 0.00971. The predicted molar refractivity (Wildman–Crippen MR) is 453 cm³/mol. The van der Waals surface area contributed by atoms with Crippen LogP contribution in [0.2, 0.25) is 0 Å². The van der Waals surface area contributed by atoms with E-state index in [1.165, 1.54) is 138 Å². The SMILES string of the molecule is c1ccc(-c2ccc(-c3ccccc3N(c3ccc(-n4c5ccccc5c5ccccc54)cc3)c3cccc4c3-c3ccccc3C43c4ccccc4-n4c5ccccc5c5cccc3c54)cc2)cc1.c1ccc(-c2ccc(-c3ccccc3Nc3ccc(-n4c5ccccc5c5ccccc54)cc3)cc2)cc1. The first-order chi connectivity index (χ1) is 53.6. The van der Waals surface area contributed by atoms with Gasteiger partial charge >= 0.3 is 0 Å². The molecule has 3 aromatic heterocycles. The van der Waals surface area contributed by atoms with Gasteiger partial charge in [-0.25, -0.2) is 0 Å². The van der Waals surface area contributed by atoms with Gasteiger partial charge in [-0.05, 0) is 164 Å². The van der Waals surface area contributed by atoms with E-state index >= 15 is 0 Å². The van der Waals surface area contributed by atoms with Gasteiger partial charge in [0.05, 0.1) is 55.6 Å². The summed E-state index contributed by atoms with van der Waals surface area (Å²) in [5, 5.41) is 11.3. The number of anilines is 5. The zero-order valence-corrected chi connectivity index (χ0v) is 59.0. The first kappa shape index (κ1) is 62.3. The summed E-state index contributed by atoms with van der Waals surface area (Å²) in [6.45, 7) is 0. The van der Waals surface area contributed by atoms with Crippen LogP contribution in [0.5, 0.6) is 0 Å². The molecule has 22 rings (SSSR count). The van der Waals surface area contributed by atoms with Gasteiger partial charge in [-0.1, -0.05) is 309 Å². The Morgan fingerprint density at radius 2 is 0.611 bits per heavy atom. The monoisotopic (exact) mass is 1380 g/mol. The molecule has 1 unspecified atom stereocenters. The second-order valence-corrected chi connectivity index (χ2v) is 28.3. The number of hydrogen-bond acceptors (Lipinski definition) is 2. The molecule has 506 valence electrons. The summed E-state index contributed by atoms with van der Waals surface area (Å²) in [5.41, 5.74) is 33.0. The number of para-hydroxylation sites is 9. The Hall–Kier alpha value is -14.3. The van der Waals surface area contributed by atoms with Crippen LogP contribution in [0, 0.1) is 0 Å². The molecule has 1 atom stereocenters. The van der Waals surface area contributed by atoms with E-state index in [-0.39, 0.29) is 0 Å². The number of rotatable bonds is 11. The minimum atomic E-state index is -0.582. The number of benzene rings is 17. The summed E-state index contributed by atoms with van der Waals surface area (Å²) < 4.78 is 7.27. The molecule has 0 saturated heterocycles. The van der Waals surface area contributed by atoms with Crippen molar-refractivity contribution in [1.82, 2.24) is 13.7 Å². The molecule has 0 saturated carbocycles. The van der Waals surface area contributed by atoms with Crippen LogP contribution >= 0.6 is 0 Å². The van der Waals surface area contributed by atoms with Crippen LogP contribution in [-0.2, 0) is 5.41 Å². The van der Waals surface area contributed by atoms with Crippen molar-refractivity contribution >= 4 is 93.9 Å². The van der Waals surface area contributed by atoms with Gasteiger partial charge in [0.2, 0.25) is 0 Å². The quantitative estimate of drug-likeness (QED) is 0.140. The van der Waals surface area contributed by atoms with E-state index < -0.39 is 5.41 Å². The van der Waals surface area contributed by atoms with Gasteiger partial charge < -0.3 is 23.9 Å². The Labute approximate surface area is 626 Å². The lowest BCUT2D eigenvalue weighted by molar-refractivity contribution is 0.748. The van der Waals surface area contributed by atoms with Crippen LogP contribution in [0.15, 0.2) is 413 Å². The summed E-state index contributed by atoms with van der Waals surface area (Å²) in [4.78, 5) is 2.52. The van der Waals surface area contributed by atoms with E-state index in [1.807, 2.05) is 0 Å². The fourth-order valence-electron chi connectivity index (χ4n) is 17.9. The molecule has 20 aromatic rings. The highest BCUT2D eigenvalue weighted by Gasteiger charge is 2.52. The van der Waals surface area contributed by atoms with E-state index in [2.05, 4.69) is 436 Å². The molecule has 17 aromatic carbocycles. The Morgan fingerprint density at radius 3 is 1.19 bits per heavy atom. The molecule has 0 amide bonds. The van der Waals surface area contributed by atoms with E-state index in [0.717, 1.165) is 50.9 Å². The van der Waals surface area contributed by atoms with E-state index in [0.29, 0.717) is 0 Å². The topological polar surface area (TPSA) is 30.1 Å². The first-order valence-corrected chi connectivity index (χ1v) is 37.2. The van der Waals surface area contributed by atoms with Crippen LogP contribution < -0.4 is 10.2 Å². The van der Waals surface area contributed by atoms with Crippen molar-refractivity contribution in [2.45, 2.75) is 5.41 Å². The molecule has 5 nitrogen and oxygen atoms in total. The van der Waals surface area contributed by atoms with Crippen LogP contribution in [0.4, 0.5) is 28.4 Å². The van der Waals surface area contributed by atoms with Crippen LogP contribution in [-0.4, -0.2) is 13.7 Å². The molecule has 1 N–H and O–H groups in total. The third kappa shape index (κ3) is 9.86. The van der Waals surface area contributed by atoms with Gasteiger partial charge in [0.15, 0.2) is 0 Å². The molecule has 108 heavy (non-hydrogen) atoms. The molecule has 0 bridgehead atoms. The number of hydrogen-bond donors (Lipinski definition) is 1. The largest absolute Gasteiger partial charge is 0.355 e. The van der Waals surface area contributed by atoms with E-state index in [9.17, 15) is 0 Å². The minimum absolute atomic E-state index is 0.582. The highest BCUT2D eigenvalue weighted by Crippen LogP contribution is 2.64. The Bertz CT molecular complexity index is 6760. The lowest BCUT2D eigenvalue weighted by atomic mass is 9.65. The maximum atomic E-state index is 3.65. The number of aromatic nitrogens is 3. The molecule has 4 heterocycles. The zero-order valence-electron chi connectivity index (χ0n) is 59.0. The summed E-state index contributed by atoms with van der Waals surface area (Å²) in [6, 6.07) is 150. The van der Waals surface area contributed by atoms with Crippen LogP contribution in [0.1, 0.15) is 22.3 Å². The third-order valence-corrected chi connectivity index (χ3v) is 22.5. The average molecular weight is 1380 g/mol. The predicted octanol–water partition coefficient (Wildman–Crippen LogP) is 27.2. The molecule has 1 aliphatic carbocycles. The molecule has 0 fully saturated rings. The van der Waals surface area contributed by atoms with Gasteiger partial charge in [0.25, 0.3) is 0 Å². The lowest BCUT2D eigenvalue weighted by Gasteiger charge is -2.39. The summed E-state index contributed by atoms with van der Waals surface area (Å²) in [7, 11) is 0. The molecular formula is C103H69N5. The highest BCUT2D eigenvalue weighted by molar-refractivity contribution is 6.14. The van der Waals surface area contributed by atoms with Crippen molar-refractivity contribution in [3.05, 3.63) is 435 Å². The number of nitrogens with one attached hydrogen (secondary N) is 1. The van der Waals surface area contributed by atoms with Crippen molar-refractivity contribution in [2.75, 3.05) is 10.2 Å². The second kappa shape index (κ2) is 25.6. The van der Waals surface area contributed by atoms with Crippen molar-refractivity contribution in [3.8, 4) is 72.7 Å². The molecular weight excluding hydrogens is 1310 g/mol. The van der Waals surface area contributed by atoms with Crippen LogP contribution in [0.25, 0.3) is 138 Å². The Kier molecular flexibility index (Phi) is 14.8. The first-order valence-electron chi connectivity index (χ1n) is 37.2. The fourth-order valence-corrected chi connectivity index (χ4v) is 17.9. The molecule has 0 radical (unpaired) electrons. The van der Waals surface area contributed by atoms with Gasteiger partial charge in [0.1, 0.15) is 0 Å². The normalized spacial score (nSPS) is 13.2. The highest BCUT2D eigenvalue weighted by atomic mass is 15.2. The Morgan fingerprint density at radius 1 is 0.231 bits per heavy atom. The zero-order chi connectivity index (χ0) is 71.2. The van der Waals surface area contributed by atoms with Crippen molar-refractivity contribution in [2.24, 2.45) is 0 Å². The smallest absolute Gasteiger partial charge is 0.0755 e. The Balaban J connectivity index is 0.000000165. The second-order valence-electron chi connectivity index (χ2n) is 28.3. The summed E-state index contributed by atoms with van der Waals surface area (Å²) in [6.07, 6.45) is 0.